The van der Waals surface area contributed by atoms with Gasteiger partial charge in [-0.1, -0.05) is 34.1 Å². The van der Waals surface area contributed by atoms with Crippen LogP contribution in [0.4, 0.5) is 0 Å². The van der Waals surface area contributed by atoms with E-state index in [2.05, 4.69) is 60.5 Å². The molecule has 0 saturated carbocycles. The molecular formula is C12H29N. The Morgan fingerprint density at radius 3 is 1.23 bits per heavy atom. The van der Waals surface area contributed by atoms with Crippen LogP contribution in [0.5, 0.6) is 0 Å². The van der Waals surface area contributed by atoms with Crippen molar-refractivity contribution in [1.29, 1.82) is 0 Å². The van der Waals surface area contributed by atoms with E-state index in [1.54, 1.807) is 0 Å². The fourth-order valence-electron chi connectivity index (χ4n) is 0.471. The Morgan fingerprint density at radius 2 is 1.23 bits per heavy atom. The van der Waals surface area contributed by atoms with Crippen molar-refractivity contribution in [3.63, 3.8) is 0 Å². The van der Waals surface area contributed by atoms with E-state index >= 15 is 0 Å². The zero-order valence-corrected chi connectivity index (χ0v) is 10.9. The van der Waals surface area contributed by atoms with E-state index in [0.29, 0.717) is 6.04 Å². The molecule has 0 aliphatic rings. The summed E-state index contributed by atoms with van der Waals surface area (Å²) in [4.78, 5) is 2.17. The highest BCUT2D eigenvalue weighted by atomic mass is 15.1. The first-order chi connectivity index (χ1) is 5.82. The van der Waals surface area contributed by atoms with Gasteiger partial charge in [0.2, 0.25) is 0 Å². The van der Waals surface area contributed by atoms with Gasteiger partial charge in [0.05, 0.1) is 0 Å². The molecule has 0 spiro atoms. The van der Waals surface area contributed by atoms with Crippen LogP contribution in [-0.2, 0) is 0 Å². The van der Waals surface area contributed by atoms with E-state index in [4.69, 9.17) is 0 Å². The number of hydrogen-bond donors (Lipinski definition) is 0. The third-order valence-electron chi connectivity index (χ3n) is 2.81. The van der Waals surface area contributed by atoms with Gasteiger partial charge in [-0.05, 0) is 39.8 Å². The molecule has 0 aliphatic carbocycles. The molecule has 1 heteroatoms. The molecule has 0 heterocycles. The standard InChI is InChI=1S/C7H16.C5H13N/c1-5-7(4)6(2)3;1-5(2)6(3)4/h6-7H,5H2,1-4H3;5H,1-4H3. The summed E-state index contributed by atoms with van der Waals surface area (Å²) in [6, 6.07) is 0.685. The summed E-state index contributed by atoms with van der Waals surface area (Å²) in [6.07, 6.45) is 1.32. The summed E-state index contributed by atoms with van der Waals surface area (Å²) in [6.45, 7) is 13.4. The maximum atomic E-state index is 2.30. The fraction of sp³-hybridized carbons (Fsp3) is 1.00. The summed E-state index contributed by atoms with van der Waals surface area (Å²) < 4.78 is 0. The van der Waals surface area contributed by atoms with E-state index in [-0.39, 0.29) is 0 Å². The lowest BCUT2D eigenvalue weighted by atomic mass is 9.96. The van der Waals surface area contributed by atoms with E-state index in [9.17, 15) is 0 Å². The van der Waals surface area contributed by atoms with Crippen molar-refractivity contribution in [2.45, 2.75) is 54.0 Å². The lowest BCUT2D eigenvalue weighted by molar-refractivity contribution is 0.335. The molecule has 82 valence electrons. The van der Waals surface area contributed by atoms with Gasteiger partial charge in [0.25, 0.3) is 0 Å². The number of nitrogens with zero attached hydrogens (tertiary/aromatic N) is 1. The Morgan fingerprint density at radius 1 is 0.923 bits per heavy atom. The van der Waals surface area contributed by atoms with Crippen LogP contribution in [-0.4, -0.2) is 25.0 Å². The molecule has 0 rings (SSSR count). The Bertz CT molecular complexity index is 89.3. The van der Waals surface area contributed by atoms with Crippen LogP contribution in [0.25, 0.3) is 0 Å². The second-order valence-electron chi connectivity index (χ2n) is 4.69. The van der Waals surface area contributed by atoms with Crippen LogP contribution in [0.3, 0.4) is 0 Å². The Hall–Kier alpha value is -0.0400. The second kappa shape index (κ2) is 8.55. The maximum absolute atomic E-state index is 2.30. The highest BCUT2D eigenvalue weighted by Crippen LogP contribution is 2.11. The lowest BCUT2D eigenvalue weighted by Crippen LogP contribution is -2.20. The third-order valence-corrected chi connectivity index (χ3v) is 2.81. The van der Waals surface area contributed by atoms with Gasteiger partial charge < -0.3 is 4.90 Å². The summed E-state index contributed by atoms with van der Waals surface area (Å²) in [5.41, 5.74) is 0. The third kappa shape index (κ3) is 12.0. The first-order valence-corrected chi connectivity index (χ1v) is 5.49. The monoisotopic (exact) mass is 187 g/mol. The van der Waals surface area contributed by atoms with Gasteiger partial charge in [-0.3, -0.25) is 0 Å². The predicted molar refractivity (Wildman–Crippen MR) is 63.1 cm³/mol. The van der Waals surface area contributed by atoms with Crippen LogP contribution in [0.1, 0.15) is 48.0 Å². The molecule has 1 unspecified atom stereocenters. The zero-order valence-electron chi connectivity index (χ0n) is 10.9. The Labute approximate surface area is 85.5 Å². The molecule has 0 amide bonds. The SMILES string of the molecule is CC(C)N(C)C.CCC(C)C(C)C. The van der Waals surface area contributed by atoms with E-state index in [0.717, 1.165) is 11.8 Å². The summed E-state index contributed by atoms with van der Waals surface area (Å²) in [7, 11) is 4.15. The topological polar surface area (TPSA) is 3.24 Å². The van der Waals surface area contributed by atoms with Crippen molar-refractivity contribution < 1.29 is 0 Å². The molecule has 0 radical (unpaired) electrons. The quantitative estimate of drug-likeness (QED) is 0.652. The van der Waals surface area contributed by atoms with Gasteiger partial charge in [-0.2, -0.15) is 0 Å². The number of rotatable bonds is 3. The predicted octanol–water partition coefficient (Wildman–Crippen LogP) is 3.64. The summed E-state index contributed by atoms with van der Waals surface area (Å²) in [5.74, 6) is 1.77. The van der Waals surface area contributed by atoms with Gasteiger partial charge in [0, 0.05) is 6.04 Å². The van der Waals surface area contributed by atoms with Gasteiger partial charge >= 0.3 is 0 Å². The van der Waals surface area contributed by atoms with Crippen molar-refractivity contribution >= 4 is 0 Å². The molecule has 1 nitrogen and oxygen atoms in total. The largest absolute Gasteiger partial charge is 0.307 e. The highest BCUT2D eigenvalue weighted by Gasteiger charge is 2.01. The average molecular weight is 187 g/mol. The molecule has 1 atom stereocenters. The molecule has 0 aromatic carbocycles. The molecule has 0 N–H and O–H groups in total. The molecule has 13 heavy (non-hydrogen) atoms. The minimum atomic E-state index is 0.685. The van der Waals surface area contributed by atoms with Crippen LogP contribution in [0, 0.1) is 11.8 Å². The minimum Gasteiger partial charge on any atom is -0.307 e. The smallest absolute Gasteiger partial charge is 0.00324 e. The van der Waals surface area contributed by atoms with Gasteiger partial charge in [0.15, 0.2) is 0 Å². The first-order valence-electron chi connectivity index (χ1n) is 5.49. The average Bonchev–Trinajstić information content (AvgIpc) is 2.03. The first kappa shape index (κ1) is 15.4. The normalized spacial score (nSPS) is 13.2. The van der Waals surface area contributed by atoms with Crippen molar-refractivity contribution in [3.8, 4) is 0 Å². The maximum Gasteiger partial charge on any atom is 0.00324 e. The highest BCUT2D eigenvalue weighted by molar-refractivity contribution is 4.52. The molecule has 0 fully saturated rings. The molecule has 0 bridgehead atoms. The fourth-order valence-corrected chi connectivity index (χ4v) is 0.471. The van der Waals surface area contributed by atoms with E-state index in [1.165, 1.54) is 6.42 Å². The summed E-state index contributed by atoms with van der Waals surface area (Å²) in [5, 5.41) is 0. The molecular weight excluding hydrogens is 158 g/mol. The zero-order chi connectivity index (χ0) is 11.0. The molecule has 0 aromatic rings. The van der Waals surface area contributed by atoms with Gasteiger partial charge in [-0.25, -0.2) is 0 Å². The van der Waals surface area contributed by atoms with Crippen molar-refractivity contribution in [2.24, 2.45) is 11.8 Å². The number of hydrogen-bond acceptors (Lipinski definition) is 1. The molecule has 0 aliphatic heterocycles. The Kier molecular flexibility index (Phi) is 10.2. The van der Waals surface area contributed by atoms with Crippen molar-refractivity contribution in [1.82, 2.24) is 4.90 Å². The molecule has 0 aromatic heterocycles. The van der Waals surface area contributed by atoms with Gasteiger partial charge in [0.1, 0.15) is 0 Å². The molecule has 0 saturated heterocycles. The van der Waals surface area contributed by atoms with Crippen LogP contribution >= 0.6 is 0 Å². The van der Waals surface area contributed by atoms with Crippen LogP contribution < -0.4 is 0 Å². The minimum absolute atomic E-state index is 0.685. The van der Waals surface area contributed by atoms with Crippen molar-refractivity contribution in [2.75, 3.05) is 14.1 Å². The van der Waals surface area contributed by atoms with E-state index < -0.39 is 0 Å². The lowest BCUT2D eigenvalue weighted by Gasteiger charge is -2.12. The van der Waals surface area contributed by atoms with E-state index in [1.807, 2.05) is 0 Å². The van der Waals surface area contributed by atoms with Gasteiger partial charge in [-0.15, -0.1) is 0 Å². The van der Waals surface area contributed by atoms with Crippen LogP contribution in [0.2, 0.25) is 0 Å². The van der Waals surface area contributed by atoms with Crippen molar-refractivity contribution in [3.05, 3.63) is 0 Å². The van der Waals surface area contributed by atoms with Crippen LogP contribution in [0.15, 0.2) is 0 Å². The summed E-state index contributed by atoms with van der Waals surface area (Å²) >= 11 is 0. The Balaban J connectivity index is 0. The second-order valence-corrected chi connectivity index (χ2v) is 4.69.